The lowest BCUT2D eigenvalue weighted by molar-refractivity contribution is 0.0526. The number of aryl methyl sites for hydroxylation is 1. The standard InChI is InChI=1S/C27H32FNO2/c1-3-31-27(30)20-10-7-19(8-11-20)9-12-21-15-18(2)5-4-6-24(21)26-17-22-16-23(28)13-14-25(22)29-26/h7-8,10-11,13-14,16-18,21,24,29H,3-6,9,12,15H2,1-2H3. The van der Waals surface area contributed by atoms with Crippen LogP contribution in [0.4, 0.5) is 4.39 Å². The van der Waals surface area contributed by atoms with Crippen LogP contribution in [0.3, 0.4) is 0 Å². The number of hydrogen-bond donors (Lipinski definition) is 1. The highest BCUT2D eigenvalue weighted by molar-refractivity contribution is 5.89. The predicted octanol–water partition coefficient (Wildman–Crippen LogP) is 7.03. The van der Waals surface area contributed by atoms with E-state index in [-0.39, 0.29) is 11.8 Å². The molecule has 31 heavy (non-hydrogen) atoms. The van der Waals surface area contributed by atoms with Crippen molar-refractivity contribution in [1.29, 1.82) is 0 Å². The average molecular weight is 422 g/mol. The van der Waals surface area contributed by atoms with Crippen molar-refractivity contribution in [2.75, 3.05) is 6.61 Å². The Bertz CT molecular complexity index is 1020. The molecule has 0 amide bonds. The minimum atomic E-state index is -0.262. The van der Waals surface area contributed by atoms with Crippen molar-refractivity contribution in [2.45, 2.75) is 58.3 Å². The lowest BCUT2D eigenvalue weighted by atomic mass is 9.80. The zero-order valence-corrected chi connectivity index (χ0v) is 18.5. The summed E-state index contributed by atoms with van der Waals surface area (Å²) in [6.07, 6.45) is 7.00. The van der Waals surface area contributed by atoms with E-state index in [4.69, 9.17) is 4.74 Å². The maximum absolute atomic E-state index is 13.7. The molecule has 3 unspecified atom stereocenters. The first-order valence-corrected chi connectivity index (χ1v) is 11.6. The Kier molecular flexibility index (Phi) is 6.74. The van der Waals surface area contributed by atoms with E-state index >= 15 is 0 Å². The second kappa shape index (κ2) is 9.67. The molecule has 1 aliphatic rings. The molecule has 1 heterocycles. The maximum atomic E-state index is 13.7. The van der Waals surface area contributed by atoms with Gasteiger partial charge in [0.05, 0.1) is 12.2 Å². The molecular weight excluding hydrogens is 389 g/mol. The molecule has 0 spiro atoms. The van der Waals surface area contributed by atoms with Gasteiger partial charge in [0.1, 0.15) is 5.82 Å². The first-order chi connectivity index (χ1) is 15.0. The molecule has 2 aromatic carbocycles. The van der Waals surface area contributed by atoms with Crippen molar-refractivity contribution in [3.8, 4) is 0 Å². The summed E-state index contributed by atoms with van der Waals surface area (Å²) in [5, 5.41) is 0.959. The zero-order valence-electron chi connectivity index (χ0n) is 18.5. The van der Waals surface area contributed by atoms with E-state index in [1.807, 2.05) is 37.3 Å². The van der Waals surface area contributed by atoms with Crippen LogP contribution >= 0.6 is 0 Å². The quantitative estimate of drug-likeness (QED) is 0.343. The topological polar surface area (TPSA) is 42.1 Å². The predicted molar refractivity (Wildman–Crippen MR) is 123 cm³/mol. The van der Waals surface area contributed by atoms with Gasteiger partial charge < -0.3 is 9.72 Å². The zero-order chi connectivity index (χ0) is 21.8. The van der Waals surface area contributed by atoms with Crippen LogP contribution in [0.5, 0.6) is 0 Å². The molecule has 1 N–H and O–H groups in total. The molecule has 0 radical (unpaired) electrons. The summed E-state index contributed by atoms with van der Waals surface area (Å²) in [5.74, 6) is 1.33. The fourth-order valence-corrected chi connectivity index (χ4v) is 5.15. The molecule has 3 atom stereocenters. The number of ether oxygens (including phenoxy) is 1. The monoisotopic (exact) mass is 421 g/mol. The molecule has 1 saturated carbocycles. The van der Waals surface area contributed by atoms with Gasteiger partial charge in [-0.3, -0.25) is 0 Å². The van der Waals surface area contributed by atoms with Crippen LogP contribution in [0.15, 0.2) is 48.5 Å². The Balaban J connectivity index is 1.50. The van der Waals surface area contributed by atoms with Crippen LogP contribution in [0.25, 0.3) is 10.9 Å². The van der Waals surface area contributed by atoms with Crippen LogP contribution in [-0.2, 0) is 11.2 Å². The molecule has 3 nitrogen and oxygen atoms in total. The Morgan fingerprint density at radius 3 is 2.71 bits per heavy atom. The number of halogens is 1. The number of carbonyl (C=O) groups excluding carboxylic acids is 1. The van der Waals surface area contributed by atoms with Gasteiger partial charge in [0, 0.05) is 22.5 Å². The fraction of sp³-hybridized carbons (Fsp3) is 0.444. The number of carbonyl (C=O) groups is 1. The van der Waals surface area contributed by atoms with Crippen molar-refractivity contribution in [3.05, 3.63) is 71.2 Å². The van der Waals surface area contributed by atoms with Crippen molar-refractivity contribution in [2.24, 2.45) is 11.8 Å². The summed E-state index contributed by atoms with van der Waals surface area (Å²) in [6, 6.07) is 15.0. The Morgan fingerprint density at radius 1 is 1.13 bits per heavy atom. The minimum Gasteiger partial charge on any atom is -0.462 e. The summed E-state index contributed by atoms with van der Waals surface area (Å²) in [7, 11) is 0. The molecule has 1 aliphatic carbocycles. The number of H-pyrrole nitrogens is 1. The average Bonchev–Trinajstić information content (AvgIpc) is 3.08. The SMILES string of the molecule is CCOC(=O)c1ccc(CCC2CC(C)CCCC2c2cc3cc(F)ccc3[nH]2)cc1. The minimum absolute atomic E-state index is 0.185. The van der Waals surface area contributed by atoms with Gasteiger partial charge in [0.2, 0.25) is 0 Å². The number of benzene rings is 2. The second-order valence-electron chi connectivity index (χ2n) is 9.05. The highest BCUT2D eigenvalue weighted by atomic mass is 19.1. The van der Waals surface area contributed by atoms with Gasteiger partial charge in [-0.05, 0) is 86.4 Å². The van der Waals surface area contributed by atoms with Gasteiger partial charge in [0.15, 0.2) is 0 Å². The largest absolute Gasteiger partial charge is 0.462 e. The lowest BCUT2D eigenvalue weighted by Crippen LogP contribution is -2.15. The highest BCUT2D eigenvalue weighted by Crippen LogP contribution is 2.41. The molecule has 0 bridgehead atoms. The number of fused-ring (bicyclic) bond motifs is 1. The first-order valence-electron chi connectivity index (χ1n) is 11.6. The van der Waals surface area contributed by atoms with E-state index in [0.717, 1.165) is 29.7 Å². The smallest absolute Gasteiger partial charge is 0.338 e. The molecule has 0 saturated heterocycles. The van der Waals surface area contributed by atoms with Crippen LogP contribution in [0, 0.1) is 17.7 Å². The van der Waals surface area contributed by atoms with E-state index in [2.05, 4.69) is 18.0 Å². The van der Waals surface area contributed by atoms with Gasteiger partial charge >= 0.3 is 5.97 Å². The fourth-order valence-electron chi connectivity index (χ4n) is 5.15. The number of rotatable bonds is 6. The van der Waals surface area contributed by atoms with Crippen LogP contribution in [0.1, 0.15) is 73.5 Å². The molecule has 1 aromatic heterocycles. The Labute approximate surface area is 184 Å². The molecule has 164 valence electrons. The van der Waals surface area contributed by atoms with Gasteiger partial charge in [-0.25, -0.2) is 9.18 Å². The molecule has 3 aromatic rings. The van der Waals surface area contributed by atoms with Crippen molar-refractivity contribution < 1.29 is 13.9 Å². The van der Waals surface area contributed by atoms with E-state index in [0.29, 0.717) is 24.0 Å². The highest BCUT2D eigenvalue weighted by Gasteiger charge is 2.29. The molecule has 0 aliphatic heterocycles. The second-order valence-corrected chi connectivity index (χ2v) is 9.05. The molecule has 1 fully saturated rings. The third-order valence-electron chi connectivity index (χ3n) is 6.76. The third kappa shape index (κ3) is 5.17. The number of esters is 1. The maximum Gasteiger partial charge on any atom is 0.338 e. The van der Waals surface area contributed by atoms with Crippen LogP contribution in [-0.4, -0.2) is 17.6 Å². The van der Waals surface area contributed by atoms with Crippen molar-refractivity contribution >= 4 is 16.9 Å². The Morgan fingerprint density at radius 2 is 1.94 bits per heavy atom. The summed E-state index contributed by atoms with van der Waals surface area (Å²) in [6.45, 7) is 4.58. The van der Waals surface area contributed by atoms with Crippen LogP contribution < -0.4 is 0 Å². The van der Waals surface area contributed by atoms with Crippen molar-refractivity contribution in [3.63, 3.8) is 0 Å². The summed E-state index contributed by atoms with van der Waals surface area (Å²) in [5.41, 5.74) is 4.12. The third-order valence-corrected chi connectivity index (χ3v) is 6.76. The molecule has 4 heteroatoms. The normalized spacial score (nSPS) is 21.7. The first kappa shape index (κ1) is 21.6. The number of hydrogen-bond acceptors (Lipinski definition) is 2. The number of aromatic nitrogens is 1. The van der Waals surface area contributed by atoms with Gasteiger partial charge in [-0.2, -0.15) is 0 Å². The van der Waals surface area contributed by atoms with Gasteiger partial charge in [0.25, 0.3) is 0 Å². The van der Waals surface area contributed by atoms with E-state index < -0.39 is 0 Å². The van der Waals surface area contributed by atoms with Gasteiger partial charge in [-0.1, -0.05) is 31.9 Å². The van der Waals surface area contributed by atoms with Gasteiger partial charge in [-0.15, -0.1) is 0 Å². The van der Waals surface area contributed by atoms with E-state index in [1.165, 1.54) is 43.0 Å². The summed E-state index contributed by atoms with van der Waals surface area (Å²) >= 11 is 0. The lowest BCUT2D eigenvalue weighted by Gasteiger charge is -2.26. The van der Waals surface area contributed by atoms with Crippen molar-refractivity contribution in [1.82, 2.24) is 4.98 Å². The number of aromatic amines is 1. The molecule has 4 rings (SSSR count). The van der Waals surface area contributed by atoms with E-state index in [1.54, 1.807) is 6.07 Å². The summed E-state index contributed by atoms with van der Waals surface area (Å²) in [4.78, 5) is 15.5. The summed E-state index contributed by atoms with van der Waals surface area (Å²) < 4.78 is 18.7. The van der Waals surface area contributed by atoms with E-state index in [9.17, 15) is 9.18 Å². The number of nitrogens with one attached hydrogen (secondary N) is 1. The Hall–Kier alpha value is -2.62. The molecular formula is C27H32FNO2. The van der Waals surface area contributed by atoms with Crippen LogP contribution in [0.2, 0.25) is 0 Å².